The zero-order valence-corrected chi connectivity index (χ0v) is 15.9. The molecule has 0 saturated carbocycles. The Morgan fingerprint density at radius 3 is 2.25 bits per heavy atom. The molecule has 7 heteroatoms. The Kier molecular flexibility index (Phi) is 5.96. The number of rotatable bonds is 7. The van der Waals surface area contributed by atoms with Crippen LogP contribution in [0.15, 0.2) is 60.8 Å². The molecular weight excluding hydrogens is 358 g/mol. The van der Waals surface area contributed by atoms with Crippen LogP contribution in [-0.2, 0) is 0 Å². The maximum Gasteiger partial charge on any atom is 0.255 e. The number of methoxy groups -OCH3 is 3. The van der Waals surface area contributed by atoms with Crippen LogP contribution in [-0.4, -0.2) is 32.2 Å². The van der Waals surface area contributed by atoms with Gasteiger partial charge in [-0.3, -0.25) is 4.79 Å². The van der Waals surface area contributed by atoms with Crippen LogP contribution >= 0.6 is 0 Å². The van der Waals surface area contributed by atoms with Gasteiger partial charge in [0.2, 0.25) is 0 Å². The second kappa shape index (κ2) is 8.77. The molecule has 0 unspecified atom stereocenters. The van der Waals surface area contributed by atoms with Gasteiger partial charge in [0.05, 0.1) is 27.0 Å². The first kappa shape index (κ1) is 19.0. The van der Waals surface area contributed by atoms with E-state index in [-0.39, 0.29) is 5.91 Å². The van der Waals surface area contributed by atoms with Crippen molar-refractivity contribution in [2.45, 2.75) is 0 Å². The molecule has 1 amide bonds. The summed E-state index contributed by atoms with van der Waals surface area (Å²) in [6.45, 7) is 0. The van der Waals surface area contributed by atoms with Gasteiger partial charge in [-0.1, -0.05) is 0 Å². The second-order valence-corrected chi connectivity index (χ2v) is 5.80. The third-order valence-corrected chi connectivity index (χ3v) is 4.04. The van der Waals surface area contributed by atoms with Gasteiger partial charge in [-0.05, 0) is 48.5 Å². The number of pyridine rings is 1. The van der Waals surface area contributed by atoms with Crippen LogP contribution in [0.3, 0.4) is 0 Å². The fourth-order valence-corrected chi connectivity index (χ4v) is 2.57. The van der Waals surface area contributed by atoms with Gasteiger partial charge in [0.15, 0.2) is 0 Å². The molecule has 0 saturated heterocycles. The molecule has 7 nitrogen and oxygen atoms in total. The number of aromatic nitrogens is 1. The third kappa shape index (κ3) is 4.50. The number of benzene rings is 2. The molecule has 144 valence electrons. The number of nitrogens with zero attached hydrogens (tertiary/aromatic N) is 1. The number of carbonyl (C=O) groups excluding carboxylic acids is 1. The molecule has 3 aromatic rings. The fourth-order valence-electron chi connectivity index (χ4n) is 2.57. The largest absolute Gasteiger partial charge is 0.497 e. The van der Waals surface area contributed by atoms with Gasteiger partial charge < -0.3 is 24.8 Å². The second-order valence-electron chi connectivity index (χ2n) is 5.80. The van der Waals surface area contributed by atoms with Crippen LogP contribution in [0.1, 0.15) is 10.4 Å². The number of anilines is 3. The number of hydrogen-bond acceptors (Lipinski definition) is 6. The minimum atomic E-state index is -0.285. The Balaban J connectivity index is 1.76. The molecule has 1 heterocycles. The summed E-state index contributed by atoms with van der Waals surface area (Å²) in [5.41, 5.74) is 1.81. The highest BCUT2D eigenvalue weighted by Crippen LogP contribution is 2.29. The molecule has 0 bridgehead atoms. The Hall–Kier alpha value is -3.74. The molecule has 2 N–H and O–H groups in total. The van der Waals surface area contributed by atoms with Crippen LogP contribution in [0.25, 0.3) is 0 Å². The molecule has 28 heavy (non-hydrogen) atoms. The smallest absolute Gasteiger partial charge is 0.255 e. The van der Waals surface area contributed by atoms with E-state index < -0.39 is 0 Å². The summed E-state index contributed by atoms with van der Waals surface area (Å²) in [6, 6.07) is 15.9. The van der Waals surface area contributed by atoms with Crippen LogP contribution in [0, 0.1) is 0 Å². The standard InChI is InChI=1S/C21H21N3O4/c1-26-16-6-4-15(5-7-16)23-20-12-14(10-11-22-20)21(25)24-18-13-17(27-2)8-9-19(18)28-3/h4-13H,1-3H3,(H,22,23)(H,24,25). The van der Waals surface area contributed by atoms with E-state index in [4.69, 9.17) is 14.2 Å². The van der Waals surface area contributed by atoms with Crippen molar-refractivity contribution in [3.8, 4) is 17.2 Å². The average molecular weight is 379 g/mol. The maximum atomic E-state index is 12.7. The normalized spacial score (nSPS) is 10.1. The third-order valence-electron chi connectivity index (χ3n) is 4.04. The van der Waals surface area contributed by atoms with Gasteiger partial charge in [0.1, 0.15) is 23.1 Å². The SMILES string of the molecule is COc1ccc(Nc2cc(C(=O)Nc3cc(OC)ccc3OC)ccn2)cc1. The molecule has 0 fully saturated rings. The molecule has 3 rings (SSSR count). The fraction of sp³-hybridized carbons (Fsp3) is 0.143. The van der Waals surface area contributed by atoms with Gasteiger partial charge in [-0.2, -0.15) is 0 Å². The van der Waals surface area contributed by atoms with Crippen molar-refractivity contribution < 1.29 is 19.0 Å². The lowest BCUT2D eigenvalue weighted by molar-refractivity contribution is 0.102. The van der Waals surface area contributed by atoms with Crippen molar-refractivity contribution >= 4 is 23.1 Å². The zero-order valence-electron chi connectivity index (χ0n) is 15.9. The predicted molar refractivity (Wildman–Crippen MR) is 108 cm³/mol. The lowest BCUT2D eigenvalue weighted by Gasteiger charge is -2.12. The highest BCUT2D eigenvalue weighted by Gasteiger charge is 2.12. The minimum absolute atomic E-state index is 0.285. The zero-order chi connectivity index (χ0) is 19.9. The Morgan fingerprint density at radius 1 is 0.857 bits per heavy atom. The van der Waals surface area contributed by atoms with Crippen LogP contribution in [0.4, 0.5) is 17.2 Å². The first-order valence-electron chi connectivity index (χ1n) is 8.53. The van der Waals surface area contributed by atoms with E-state index in [1.54, 1.807) is 57.9 Å². The number of hydrogen-bond donors (Lipinski definition) is 2. The van der Waals surface area contributed by atoms with E-state index in [1.165, 1.54) is 0 Å². The monoisotopic (exact) mass is 379 g/mol. The minimum Gasteiger partial charge on any atom is -0.497 e. The lowest BCUT2D eigenvalue weighted by Crippen LogP contribution is -2.13. The molecule has 1 aromatic heterocycles. The van der Waals surface area contributed by atoms with Crippen molar-refractivity contribution in [3.63, 3.8) is 0 Å². The van der Waals surface area contributed by atoms with Gasteiger partial charge in [0.25, 0.3) is 5.91 Å². The number of nitrogens with one attached hydrogen (secondary N) is 2. The van der Waals surface area contributed by atoms with Crippen LogP contribution < -0.4 is 24.8 Å². The summed E-state index contributed by atoms with van der Waals surface area (Å²) in [5, 5.41) is 6.01. The number of ether oxygens (including phenoxy) is 3. The summed E-state index contributed by atoms with van der Waals surface area (Å²) < 4.78 is 15.7. The number of carbonyl (C=O) groups is 1. The molecule has 0 aliphatic carbocycles. The first-order valence-corrected chi connectivity index (χ1v) is 8.53. The van der Waals surface area contributed by atoms with Gasteiger partial charge in [-0.25, -0.2) is 4.98 Å². The summed E-state index contributed by atoms with van der Waals surface area (Å²) in [4.78, 5) is 17.0. The Labute approximate surface area is 163 Å². The van der Waals surface area contributed by atoms with Gasteiger partial charge >= 0.3 is 0 Å². The molecular formula is C21H21N3O4. The van der Waals surface area contributed by atoms with E-state index in [0.29, 0.717) is 28.6 Å². The molecule has 0 aliphatic rings. The highest BCUT2D eigenvalue weighted by molar-refractivity contribution is 6.05. The van der Waals surface area contributed by atoms with Crippen molar-refractivity contribution in [3.05, 3.63) is 66.4 Å². The average Bonchev–Trinajstić information content (AvgIpc) is 2.74. The highest BCUT2D eigenvalue weighted by atomic mass is 16.5. The van der Waals surface area contributed by atoms with Crippen molar-refractivity contribution in [1.29, 1.82) is 0 Å². The summed E-state index contributed by atoms with van der Waals surface area (Å²) in [5.74, 6) is 2.19. The molecule has 0 aliphatic heterocycles. The van der Waals surface area contributed by atoms with Crippen molar-refractivity contribution in [2.75, 3.05) is 32.0 Å². The Morgan fingerprint density at radius 2 is 1.57 bits per heavy atom. The first-order chi connectivity index (χ1) is 13.6. The molecule has 2 aromatic carbocycles. The van der Waals surface area contributed by atoms with Gasteiger partial charge in [0, 0.05) is 23.5 Å². The lowest BCUT2D eigenvalue weighted by atomic mass is 10.2. The van der Waals surface area contributed by atoms with Gasteiger partial charge in [-0.15, -0.1) is 0 Å². The molecule has 0 spiro atoms. The van der Waals surface area contributed by atoms with E-state index in [9.17, 15) is 4.79 Å². The van der Waals surface area contributed by atoms with E-state index >= 15 is 0 Å². The van der Waals surface area contributed by atoms with E-state index in [0.717, 1.165) is 11.4 Å². The van der Waals surface area contributed by atoms with Crippen molar-refractivity contribution in [1.82, 2.24) is 4.98 Å². The summed E-state index contributed by atoms with van der Waals surface area (Å²) in [7, 11) is 4.72. The van der Waals surface area contributed by atoms with E-state index in [1.807, 2.05) is 24.3 Å². The topological polar surface area (TPSA) is 81.7 Å². The summed E-state index contributed by atoms with van der Waals surface area (Å²) in [6.07, 6.45) is 1.57. The Bertz CT molecular complexity index is 958. The predicted octanol–water partition coefficient (Wildman–Crippen LogP) is 4.10. The number of amides is 1. The van der Waals surface area contributed by atoms with Crippen LogP contribution in [0.2, 0.25) is 0 Å². The maximum absolute atomic E-state index is 12.7. The quantitative estimate of drug-likeness (QED) is 0.643. The van der Waals surface area contributed by atoms with Crippen LogP contribution in [0.5, 0.6) is 17.2 Å². The molecule has 0 radical (unpaired) electrons. The van der Waals surface area contributed by atoms with Crippen molar-refractivity contribution in [2.24, 2.45) is 0 Å². The molecule has 0 atom stereocenters. The summed E-state index contributed by atoms with van der Waals surface area (Å²) >= 11 is 0. The van der Waals surface area contributed by atoms with E-state index in [2.05, 4.69) is 15.6 Å².